The van der Waals surface area contributed by atoms with Crippen molar-refractivity contribution in [1.29, 1.82) is 0 Å². The molecule has 6 nitrogen and oxygen atoms in total. The van der Waals surface area contributed by atoms with Crippen LogP contribution in [0.3, 0.4) is 0 Å². The van der Waals surface area contributed by atoms with E-state index >= 15 is 0 Å². The fourth-order valence-corrected chi connectivity index (χ4v) is 5.29. The topological polar surface area (TPSA) is 76.1 Å². The summed E-state index contributed by atoms with van der Waals surface area (Å²) in [5.74, 6) is -1.72. The number of carboxylic acid groups (broad SMARTS) is 1. The highest BCUT2D eigenvalue weighted by molar-refractivity contribution is 7.82. The molecule has 0 radical (unpaired) electrons. The number of carboxylic acids is 1. The third kappa shape index (κ3) is 5.26. The summed E-state index contributed by atoms with van der Waals surface area (Å²) in [5.41, 5.74) is 2.81. The highest BCUT2D eigenvalue weighted by Gasteiger charge is 2.36. The lowest BCUT2D eigenvalue weighted by Gasteiger charge is -2.19. The van der Waals surface area contributed by atoms with Crippen LogP contribution in [0.1, 0.15) is 17.5 Å². The zero-order valence-corrected chi connectivity index (χ0v) is 19.2. The second-order valence-corrected chi connectivity index (χ2v) is 9.36. The number of halogens is 2. The summed E-state index contributed by atoms with van der Waals surface area (Å²) in [6, 6.07) is 15.8. The second kappa shape index (κ2) is 10.3. The number of aliphatic carboxylic acids is 1. The first-order chi connectivity index (χ1) is 16.4. The van der Waals surface area contributed by atoms with Gasteiger partial charge in [0.2, 0.25) is 0 Å². The number of hydrogen-bond acceptors (Lipinski definition) is 4. The first-order valence-corrected chi connectivity index (χ1v) is 11.9. The number of carbonyl (C=O) groups is 1. The van der Waals surface area contributed by atoms with Crippen molar-refractivity contribution in [1.82, 2.24) is 4.31 Å². The van der Waals surface area contributed by atoms with Gasteiger partial charge in [0, 0.05) is 23.9 Å². The zero-order valence-electron chi connectivity index (χ0n) is 18.4. The highest BCUT2D eigenvalue weighted by atomic mass is 32.2. The zero-order chi connectivity index (χ0) is 24.2. The number of benzene rings is 3. The molecule has 3 aromatic rings. The minimum Gasteiger partial charge on any atom is -0.496 e. The number of methoxy groups -OCH3 is 1. The fourth-order valence-electron chi connectivity index (χ4n) is 3.86. The molecule has 0 amide bonds. The Hall–Kier alpha value is -3.30. The van der Waals surface area contributed by atoms with Crippen LogP contribution in [0.25, 0.3) is 11.1 Å². The second-order valence-electron chi connectivity index (χ2n) is 7.84. The smallest absolute Gasteiger partial charge is 0.321 e. The van der Waals surface area contributed by atoms with Crippen LogP contribution in [0.15, 0.2) is 60.7 Å². The van der Waals surface area contributed by atoms with Gasteiger partial charge in [-0.25, -0.2) is 17.3 Å². The van der Waals surface area contributed by atoms with Crippen LogP contribution >= 0.6 is 0 Å². The van der Waals surface area contributed by atoms with Crippen molar-refractivity contribution in [2.75, 3.05) is 12.9 Å². The Bertz CT molecular complexity index is 1220. The SMILES string of the molecule is COc1cc(F)c(F)cc1-c1ccc(OCc2cccc(CN3C(C(=O)O)CCS3=O)c2)cc1. The molecule has 0 bridgehead atoms. The molecule has 1 aliphatic heterocycles. The molecular weight excluding hydrogens is 464 g/mol. The van der Waals surface area contributed by atoms with Crippen LogP contribution in [0.5, 0.6) is 11.5 Å². The Kier molecular flexibility index (Phi) is 7.23. The van der Waals surface area contributed by atoms with Gasteiger partial charge in [-0.2, -0.15) is 0 Å². The van der Waals surface area contributed by atoms with Gasteiger partial charge in [-0.3, -0.25) is 4.79 Å². The van der Waals surface area contributed by atoms with E-state index in [0.29, 0.717) is 29.1 Å². The van der Waals surface area contributed by atoms with Gasteiger partial charge in [0.1, 0.15) is 24.1 Å². The predicted molar refractivity (Wildman–Crippen MR) is 124 cm³/mol. The molecule has 9 heteroatoms. The van der Waals surface area contributed by atoms with E-state index in [9.17, 15) is 22.9 Å². The van der Waals surface area contributed by atoms with Gasteiger partial charge in [0.25, 0.3) is 0 Å². The Morgan fingerprint density at radius 2 is 1.79 bits per heavy atom. The lowest BCUT2D eigenvalue weighted by atomic mass is 10.0. The van der Waals surface area contributed by atoms with Crippen molar-refractivity contribution in [3.8, 4) is 22.6 Å². The summed E-state index contributed by atoms with van der Waals surface area (Å²) in [6.45, 7) is 0.551. The van der Waals surface area contributed by atoms with Gasteiger partial charge in [0.15, 0.2) is 11.6 Å². The molecule has 178 valence electrons. The standard InChI is InChI=1S/C25H23F2NO5S/c1-32-24-13-22(27)21(26)12-20(24)18-5-7-19(8-6-18)33-15-17-4-2-3-16(11-17)14-28-23(25(29)30)9-10-34(28)31/h2-8,11-13,23H,9-10,14-15H2,1H3,(H,29,30). The van der Waals surface area contributed by atoms with Crippen LogP contribution in [0.4, 0.5) is 8.78 Å². The molecular formula is C25H23F2NO5S. The lowest BCUT2D eigenvalue weighted by molar-refractivity contribution is -0.141. The molecule has 0 spiro atoms. The maximum atomic E-state index is 13.7. The Balaban J connectivity index is 1.42. The molecule has 0 aromatic heterocycles. The molecule has 0 aliphatic carbocycles. The van der Waals surface area contributed by atoms with E-state index < -0.39 is 34.6 Å². The normalized spacial score (nSPS) is 18.1. The van der Waals surface area contributed by atoms with Gasteiger partial charge in [-0.1, -0.05) is 36.4 Å². The fraction of sp³-hybridized carbons (Fsp3) is 0.240. The molecule has 0 saturated carbocycles. The number of rotatable bonds is 8. The molecule has 2 atom stereocenters. The van der Waals surface area contributed by atoms with Crippen molar-refractivity contribution in [2.24, 2.45) is 0 Å². The molecule has 2 unspecified atom stereocenters. The third-order valence-corrected chi connectivity index (χ3v) is 7.09. The average molecular weight is 488 g/mol. The first-order valence-electron chi connectivity index (χ1n) is 10.6. The molecule has 3 aromatic carbocycles. The first kappa shape index (κ1) is 23.8. The Morgan fingerprint density at radius 1 is 1.09 bits per heavy atom. The predicted octanol–water partition coefficient (Wildman–Crippen LogP) is 4.54. The number of ether oxygens (including phenoxy) is 2. The van der Waals surface area contributed by atoms with Crippen LogP contribution < -0.4 is 9.47 Å². The number of hydrogen-bond donors (Lipinski definition) is 1. The quantitative estimate of drug-likeness (QED) is 0.505. The highest BCUT2D eigenvalue weighted by Crippen LogP contribution is 2.33. The summed E-state index contributed by atoms with van der Waals surface area (Å²) in [6.07, 6.45) is 0.372. The van der Waals surface area contributed by atoms with Gasteiger partial charge >= 0.3 is 5.97 Å². The summed E-state index contributed by atoms with van der Waals surface area (Å²) in [7, 11) is 0.0864. The molecule has 4 rings (SSSR count). The van der Waals surface area contributed by atoms with E-state index in [4.69, 9.17) is 9.47 Å². The maximum Gasteiger partial charge on any atom is 0.321 e. The van der Waals surface area contributed by atoms with Crippen LogP contribution in [0.2, 0.25) is 0 Å². The van der Waals surface area contributed by atoms with Crippen molar-refractivity contribution >= 4 is 17.0 Å². The van der Waals surface area contributed by atoms with Gasteiger partial charge < -0.3 is 14.6 Å². The van der Waals surface area contributed by atoms with E-state index in [2.05, 4.69) is 0 Å². The Morgan fingerprint density at radius 3 is 2.50 bits per heavy atom. The van der Waals surface area contributed by atoms with Crippen molar-refractivity contribution < 1.29 is 32.4 Å². The largest absolute Gasteiger partial charge is 0.496 e. The molecule has 34 heavy (non-hydrogen) atoms. The number of nitrogens with zero attached hydrogens (tertiary/aromatic N) is 1. The van der Waals surface area contributed by atoms with E-state index in [1.165, 1.54) is 11.4 Å². The van der Waals surface area contributed by atoms with E-state index in [0.717, 1.165) is 23.3 Å². The van der Waals surface area contributed by atoms with Crippen LogP contribution in [-0.4, -0.2) is 38.5 Å². The van der Waals surface area contributed by atoms with E-state index in [1.807, 2.05) is 24.3 Å². The van der Waals surface area contributed by atoms with Gasteiger partial charge in [-0.15, -0.1) is 0 Å². The average Bonchev–Trinajstić information content (AvgIpc) is 3.20. The molecule has 1 fully saturated rings. The Labute approximate surface area is 198 Å². The summed E-state index contributed by atoms with van der Waals surface area (Å²) in [4.78, 5) is 11.4. The van der Waals surface area contributed by atoms with E-state index in [1.54, 1.807) is 24.3 Å². The van der Waals surface area contributed by atoms with Crippen LogP contribution in [-0.2, 0) is 28.9 Å². The minimum absolute atomic E-state index is 0.230. The minimum atomic E-state index is -1.31. The van der Waals surface area contributed by atoms with Crippen molar-refractivity contribution in [3.63, 3.8) is 0 Å². The lowest BCUT2D eigenvalue weighted by Crippen LogP contribution is -2.35. The van der Waals surface area contributed by atoms with Gasteiger partial charge in [0.05, 0.1) is 18.1 Å². The monoisotopic (exact) mass is 487 g/mol. The summed E-state index contributed by atoms with van der Waals surface area (Å²) >= 11 is 0. The van der Waals surface area contributed by atoms with Crippen molar-refractivity contribution in [3.05, 3.63) is 83.4 Å². The molecule has 1 aliphatic rings. The summed E-state index contributed by atoms with van der Waals surface area (Å²) < 4.78 is 51.9. The molecule has 1 heterocycles. The van der Waals surface area contributed by atoms with Crippen molar-refractivity contribution in [2.45, 2.75) is 25.6 Å². The molecule has 1 N–H and O–H groups in total. The summed E-state index contributed by atoms with van der Waals surface area (Å²) in [5, 5.41) is 9.35. The maximum absolute atomic E-state index is 13.7. The third-order valence-electron chi connectivity index (χ3n) is 5.60. The van der Waals surface area contributed by atoms with Gasteiger partial charge in [-0.05, 0) is 41.3 Å². The van der Waals surface area contributed by atoms with E-state index in [-0.39, 0.29) is 18.9 Å². The molecule has 1 saturated heterocycles. The van der Waals surface area contributed by atoms with Crippen LogP contribution in [0, 0.1) is 11.6 Å².